The topological polar surface area (TPSA) is 29.1 Å². The van der Waals surface area contributed by atoms with Crippen molar-refractivity contribution in [2.45, 2.75) is 71.4 Å². The van der Waals surface area contributed by atoms with Crippen LogP contribution in [0.3, 0.4) is 0 Å². The third kappa shape index (κ3) is 3.07. The van der Waals surface area contributed by atoms with Crippen LogP contribution in [0.4, 0.5) is 0 Å². The van der Waals surface area contributed by atoms with Gasteiger partial charge in [-0.05, 0) is 31.1 Å². The highest BCUT2D eigenvalue weighted by molar-refractivity contribution is 5.81. The van der Waals surface area contributed by atoms with Crippen LogP contribution in [0.5, 0.6) is 0 Å². The van der Waals surface area contributed by atoms with Gasteiger partial charge in [0.1, 0.15) is 5.78 Å². The Morgan fingerprint density at radius 2 is 1.75 bits per heavy atom. The molecule has 1 N–H and O–H groups in total. The molecule has 2 heterocycles. The molecule has 2 nitrogen and oxygen atoms in total. The maximum absolute atomic E-state index is 12.2. The lowest BCUT2D eigenvalue weighted by atomic mass is 9.75. The second-order valence-corrected chi connectivity index (χ2v) is 6.86. The minimum Gasteiger partial charge on any atom is -0.311 e. The first-order chi connectivity index (χ1) is 7.44. The van der Waals surface area contributed by atoms with Gasteiger partial charge in [0.25, 0.3) is 0 Å². The molecule has 2 atom stereocenters. The number of carbonyl (C=O) groups excluding carboxylic acids is 1. The van der Waals surface area contributed by atoms with Crippen LogP contribution in [0.15, 0.2) is 0 Å². The highest BCUT2D eigenvalue weighted by atomic mass is 16.1. The fourth-order valence-corrected chi connectivity index (χ4v) is 3.20. The zero-order valence-electron chi connectivity index (χ0n) is 10.9. The van der Waals surface area contributed by atoms with Crippen molar-refractivity contribution in [2.75, 3.05) is 0 Å². The Morgan fingerprint density at radius 3 is 2.25 bits per heavy atom. The predicted octanol–water partition coefficient (Wildman–Crippen LogP) is 2.91. The van der Waals surface area contributed by atoms with E-state index in [1.165, 1.54) is 19.3 Å². The number of ketones is 1. The maximum atomic E-state index is 12.2. The van der Waals surface area contributed by atoms with E-state index >= 15 is 0 Å². The molecule has 0 spiro atoms. The summed E-state index contributed by atoms with van der Waals surface area (Å²) in [5.74, 6) is 0.849. The highest BCUT2D eigenvalue weighted by Gasteiger charge is 2.35. The Balaban J connectivity index is 1.92. The van der Waals surface area contributed by atoms with Gasteiger partial charge in [0.05, 0.1) is 0 Å². The van der Waals surface area contributed by atoms with Gasteiger partial charge in [-0.25, -0.2) is 0 Å². The van der Waals surface area contributed by atoms with Crippen LogP contribution in [-0.2, 0) is 4.79 Å². The van der Waals surface area contributed by atoms with Gasteiger partial charge >= 0.3 is 0 Å². The molecule has 2 aliphatic rings. The van der Waals surface area contributed by atoms with Gasteiger partial charge in [-0.15, -0.1) is 0 Å². The number of hydrogen-bond donors (Lipinski definition) is 1. The molecule has 2 saturated heterocycles. The summed E-state index contributed by atoms with van der Waals surface area (Å²) in [6.45, 7) is 6.48. The summed E-state index contributed by atoms with van der Waals surface area (Å²) in [4.78, 5) is 12.2. The van der Waals surface area contributed by atoms with Crippen molar-refractivity contribution in [3.05, 3.63) is 0 Å². The van der Waals surface area contributed by atoms with Crippen molar-refractivity contribution in [3.63, 3.8) is 0 Å². The first-order valence-electron chi connectivity index (χ1n) is 6.73. The fourth-order valence-electron chi connectivity index (χ4n) is 3.20. The number of hydrogen-bond acceptors (Lipinski definition) is 2. The summed E-state index contributed by atoms with van der Waals surface area (Å²) in [6.07, 6.45) is 6.82. The van der Waals surface area contributed by atoms with Crippen LogP contribution in [0.25, 0.3) is 0 Å². The van der Waals surface area contributed by atoms with Crippen molar-refractivity contribution in [2.24, 2.45) is 11.3 Å². The van der Waals surface area contributed by atoms with Gasteiger partial charge in [0, 0.05) is 24.4 Å². The average Bonchev–Trinajstić information content (AvgIpc) is 2.14. The molecular weight excluding hydrogens is 198 g/mol. The van der Waals surface area contributed by atoms with E-state index in [-0.39, 0.29) is 5.41 Å². The zero-order valence-corrected chi connectivity index (χ0v) is 10.9. The summed E-state index contributed by atoms with van der Waals surface area (Å²) in [5, 5.41) is 3.65. The molecule has 0 aliphatic carbocycles. The van der Waals surface area contributed by atoms with E-state index in [4.69, 9.17) is 0 Å². The van der Waals surface area contributed by atoms with Crippen molar-refractivity contribution in [1.82, 2.24) is 5.32 Å². The largest absolute Gasteiger partial charge is 0.311 e. The van der Waals surface area contributed by atoms with Crippen LogP contribution < -0.4 is 5.32 Å². The van der Waals surface area contributed by atoms with Gasteiger partial charge in [0.15, 0.2) is 0 Å². The summed E-state index contributed by atoms with van der Waals surface area (Å²) >= 11 is 0. The Bertz CT molecular complexity index is 254. The molecule has 2 aliphatic heterocycles. The molecular formula is C14H25NO. The Morgan fingerprint density at radius 1 is 1.19 bits per heavy atom. The van der Waals surface area contributed by atoms with Crippen LogP contribution in [0.1, 0.15) is 59.3 Å². The van der Waals surface area contributed by atoms with E-state index < -0.39 is 0 Å². The molecule has 0 radical (unpaired) electrons. The Labute approximate surface area is 99.2 Å². The van der Waals surface area contributed by atoms with Gasteiger partial charge in [-0.2, -0.15) is 0 Å². The molecule has 2 unspecified atom stereocenters. The number of fused-ring (bicyclic) bond motifs is 2. The smallest absolute Gasteiger partial charge is 0.136 e. The quantitative estimate of drug-likeness (QED) is 0.780. The Kier molecular flexibility index (Phi) is 3.39. The third-order valence-corrected chi connectivity index (χ3v) is 3.87. The normalized spacial score (nSPS) is 34.8. The lowest BCUT2D eigenvalue weighted by molar-refractivity contribution is -0.126. The molecule has 2 heteroatoms. The summed E-state index contributed by atoms with van der Waals surface area (Å²) in [7, 11) is 0. The second kappa shape index (κ2) is 4.48. The molecule has 0 aromatic rings. The second-order valence-electron chi connectivity index (χ2n) is 6.86. The van der Waals surface area contributed by atoms with Crippen molar-refractivity contribution < 1.29 is 4.79 Å². The van der Waals surface area contributed by atoms with Gasteiger partial charge < -0.3 is 5.32 Å². The number of Topliss-reactive ketones (excluding diaryl/α,β-unsaturated/α-hetero) is 1. The van der Waals surface area contributed by atoms with Crippen LogP contribution in [0, 0.1) is 11.3 Å². The molecule has 0 aromatic heterocycles. The predicted molar refractivity (Wildman–Crippen MR) is 66.4 cm³/mol. The van der Waals surface area contributed by atoms with E-state index in [0.717, 1.165) is 19.3 Å². The fraction of sp³-hybridized carbons (Fsp3) is 0.929. The number of nitrogens with one attached hydrogen (secondary N) is 1. The summed E-state index contributed by atoms with van der Waals surface area (Å²) in [5.41, 5.74) is 0.150. The number of piperidine rings is 2. The highest BCUT2D eigenvalue weighted by Crippen LogP contribution is 2.32. The Hall–Kier alpha value is -0.370. The van der Waals surface area contributed by atoms with Crippen molar-refractivity contribution in [3.8, 4) is 0 Å². The van der Waals surface area contributed by atoms with Crippen LogP contribution in [0.2, 0.25) is 0 Å². The number of carbonyl (C=O) groups is 1. The minimum atomic E-state index is 0.150. The SMILES string of the molecule is CC(C)(C)CC(=O)C1CC2CCCC(C1)N2. The standard InChI is InChI=1S/C14H25NO/c1-14(2,3)9-13(16)10-7-11-5-4-6-12(8-10)15-11/h10-12,15H,4-9H2,1-3H3. The van der Waals surface area contributed by atoms with Crippen molar-refractivity contribution >= 4 is 5.78 Å². The van der Waals surface area contributed by atoms with E-state index in [1.807, 2.05) is 0 Å². The monoisotopic (exact) mass is 223 g/mol. The van der Waals surface area contributed by atoms with E-state index in [1.54, 1.807) is 0 Å². The molecule has 2 rings (SSSR count). The van der Waals surface area contributed by atoms with E-state index in [0.29, 0.717) is 23.8 Å². The molecule has 0 amide bonds. The van der Waals surface area contributed by atoms with Crippen molar-refractivity contribution in [1.29, 1.82) is 0 Å². The van der Waals surface area contributed by atoms with Gasteiger partial charge in [0.2, 0.25) is 0 Å². The molecule has 0 saturated carbocycles. The third-order valence-electron chi connectivity index (χ3n) is 3.87. The lowest BCUT2D eigenvalue weighted by Gasteiger charge is -2.40. The first kappa shape index (κ1) is 12.1. The van der Waals surface area contributed by atoms with Crippen LogP contribution >= 0.6 is 0 Å². The van der Waals surface area contributed by atoms with E-state index in [9.17, 15) is 4.79 Å². The molecule has 92 valence electrons. The lowest BCUT2D eigenvalue weighted by Crippen LogP contribution is -2.50. The summed E-state index contributed by atoms with van der Waals surface area (Å²) < 4.78 is 0. The summed E-state index contributed by atoms with van der Waals surface area (Å²) in [6, 6.07) is 1.25. The molecule has 2 bridgehead atoms. The average molecular weight is 223 g/mol. The molecule has 16 heavy (non-hydrogen) atoms. The zero-order chi connectivity index (χ0) is 11.8. The molecule has 0 aromatic carbocycles. The first-order valence-corrected chi connectivity index (χ1v) is 6.73. The number of rotatable bonds is 2. The van der Waals surface area contributed by atoms with Gasteiger partial charge in [-0.3, -0.25) is 4.79 Å². The van der Waals surface area contributed by atoms with Gasteiger partial charge in [-0.1, -0.05) is 27.2 Å². The molecule has 2 fully saturated rings. The maximum Gasteiger partial charge on any atom is 0.136 e. The van der Waals surface area contributed by atoms with Crippen LogP contribution in [-0.4, -0.2) is 17.9 Å². The minimum absolute atomic E-state index is 0.150. The van der Waals surface area contributed by atoms with E-state index in [2.05, 4.69) is 26.1 Å².